The molecule has 0 bridgehead atoms. The fourth-order valence-corrected chi connectivity index (χ4v) is 2.49. The van der Waals surface area contributed by atoms with Gasteiger partial charge < -0.3 is 15.5 Å². The van der Waals surface area contributed by atoms with Gasteiger partial charge in [0.2, 0.25) is 5.91 Å². The van der Waals surface area contributed by atoms with Crippen LogP contribution in [-0.4, -0.2) is 49.5 Å². The fraction of sp³-hybridized carbons (Fsp3) is 0.875. The summed E-state index contributed by atoms with van der Waals surface area (Å²) in [6.45, 7) is 8.72. The average molecular weight is 424 g/mol. The molecule has 0 spiro atoms. The predicted octanol–water partition coefficient (Wildman–Crippen LogP) is 2.75. The van der Waals surface area contributed by atoms with Gasteiger partial charge in [-0.1, -0.05) is 26.2 Å². The second-order valence-corrected chi connectivity index (χ2v) is 5.59. The molecule has 1 fully saturated rings. The number of amides is 1. The fourth-order valence-electron chi connectivity index (χ4n) is 2.49. The second kappa shape index (κ2) is 14.1. The first kappa shape index (κ1) is 21.5. The van der Waals surface area contributed by atoms with Gasteiger partial charge in [-0.3, -0.25) is 9.79 Å². The minimum absolute atomic E-state index is 0. The van der Waals surface area contributed by atoms with E-state index in [1.807, 2.05) is 4.90 Å². The molecule has 0 atom stereocenters. The second-order valence-electron chi connectivity index (χ2n) is 5.59. The van der Waals surface area contributed by atoms with Crippen LogP contribution in [-0.2, 0) is 4.79 Å². The lowest BCUT2D eigenvalue weighted by molar-refractivity contribution is -0.127. The molecule has 0 aliphatic carbocycles. The van der Waals surface area contributed by atoms with Gasteiger partial charge in [0.1, 0.15) is 0 Å². The van der Waals surface area contributed by atoms with Crippen molar-refractivity contribution in [2.75, 3.05) is 32.7 Å². The summed E-state index contributed by atoms with van der Waals surface area (Å²) < 4.78 is 0. The summed E-state index contributed by atoms with van der Waals surface area (Å²) in [4.78, 5) is 18.0. The zero-order valence-corrected chi connectivity index (χ0v) is 16.5. The van der Waals surface area contributed by atoms with E-state index in [0.717, 1.165) is 57.9 Å². The standard InChI is InChI=1S/C16H32N4O.HI/c1-3-5-6-7-11-18-16(17-4-2)19-12-9-14-20-13-8-10-15(20)21;/h3-14H2,1-2H3,(H2,17,18,19);1H. The molecule has 0 aromatic carbocycles. The van der Waals surface area contributed by atoms with Crippen molar-refractivity contribution in [3.8, 4) is 0 Å². The largest absolute Gasteiger partial charge is 0.357 e. The molecule has 0 radical (unpaired) electrons. The van der Waals surface area contributed by atoms with Gasteiger partial charge in [-0.2, -0.15) is 0 Å². The molecule has 1 aliphatic rings. The van der Waals surface area contributed by atoms with Crippen molar-refractivity contribution in [1.82, 2.24) is 15.5 Å². The van der Waals surface area contributed by atoms with Crippen LogP contribution in [0, 0.1) is 0 Å². The van der Waals surface area contributed by atoms with Crippen molar-refractivity contribution in [3.05, 3.63) is 0 Å². The number of hydrogen-bond acceptors (Lipinski definition) is 2. The summed E-state index contributed by atoms with van der Waals surface area (Å²) in [5, 5.41) is 6.64. The summed E-state index contributed by atoms with van der Waals surface area (Å²) >= 11 is 0. The lowest BCUT2D eigenvalue weighted by Gasteiger charge is -2.15. The third-order valence-electron chi connectivity index (χ3n) is 3.69. The highest BCUT2D eigenvalue weighted by molar-refractivity contribution is 14.0. The summed E-state index contributed by atoms with van der Waals surface area (Å²) in [6.07, 6.45) is 7.73. The number of nitrogens with zero attached hydrogens (tertiary/aromatic N) is 2. The Morgan fingerprint density at radius 3 is 2.64 bits per heavy atom. The summed E-state index contributed by atoms with van der Waals surface area (Å²) in [5.74, 6) is 1.21. The van der Waals surface area contributed by atoms with Gasteiger partial charge in [0.15, 0.2) is 5.96 Å². The van der Waals surface area contributed by atoms with E-state index in [2.05, 4.69) is 29.5 Å². The van der Waals surface area contributed by atoms with Gasteiger partial charge in [-0.25, -0.2) is 0 Å². The van der Waals surface area contributed by atoms with Crippen LogP contribution in [0.4, 0.5) is 0 Å². The molecule has 1 aliphatic heterocycles. The first-order valence-corrected chi connectivity index (χ1v) is 8.57. The summed E-state index contributed by atoms with van der Waals surface area (Å²) in [7, 11) is 0. The van der Waals surface area contributed by atoms with Gasteiger partial charge in [-0.15, -0.1) is 24.0 Å². The topological polar surface area (TPSA) is 56.7 Å². The van der Waals surface area contributed by atoms with Crippen LogP contribution >= 0.6 is 24.0 Å². The van der Waals surface area contributed by atoms with E-state index in [-0.39, 0.29) is 24.0 Å². The first-order chi connectivity index (χ1) is 10.3. The van der Waals surface area contributed by atoms with Gasteiger partial charge in [-0.05, 0) is 26.2 Å². The molecule has 1 amide bonds. The van der Waals surface area contributed by atoms with E-state index in [1.165, 1.54) is 25.7 Å². The zero-order valence-electron chi connectivity index (χ0n) is 14.2. The molecule has 1 saturated heterocycles. The van der Waals surface area contributed by atoms with E-state index < -0.39 is 0 Å². The number of aliphatic imine (C=N–C) groups is 1. The smallest absolute Gasteiger partial charge is 0.222 e. The minimum Gasteiger partial charge on any atom is -0.357 e. The number of carbonyl (C=O) groups excluding carboxylic acids is 1. The lowest BCUT2D eigenvalue weighted by atomic mass is 10.2. The van der Waals surface area contributed by atoms with Crippen molar-refractivity contribution in [2.24, 2.45) is 4.99 Å². The molecule has 0 aromatic heterocycles. The third kappa shape index (κ3) is 9.48. The Morgan fingerprint density at radius 2 is 2.00 bits per heavy atom. The normalized spacial score (nSPS) is 14.9. The number of guanidine groups is 1. The molecule has 2 N–H and O–H groups in total. The van der Waals surface area contributed by atoms with E-state index in [1.54, 1.807) is 0 Å². The molecule has 0 saturated carbocycles. The van der Waals surface area contributed by atoms with Crippen molar-refractivity contribution < 1.29 is 4.79 Å². The Balaban J connectivity index is 0.00000441. The maximum atomic E-state index is 11.5. The first-order valence-electron chi connectivity index (χ1n) is 8.57. The quantitative estimate of drug-likeness (QED) is 0.246. The molecule has 5 nitrogen and oxygen atoms in total. The highest BCUT2D eigenvalue weighted by Gasteiger charge is 2.18. The molecule has 6 heteroatoms. The van der Waals surface area contributed by atoms with Crippen LogP contribution in [0.1, 0.15) is 58.8 Å². The number of hydrogen-bond donors (Lipinski definition) is 2. The van der Waals surface area contributed by atoms with Crippen molar-refractivity contribution >= 4 is 35.8 Å². The molecule has 0 aromatic rings. The number of rotatable bonds is 10. The molecule has 0 unspecified atom stereocenters. The summed E-state index contributed by atoms with van der Waals surface area (Å²) in [6, 6.07) is 0. The Morgan fingerprint density at radius 1 is 1.18 bits per heavy atom. The monoisotopic (exact) mass is 424 g/mol. The molecule has 130 valence electrons. The van der Waals surface area contributed by atoms with Crippen molar-refractivity contribution in [1.29, 1.82) is 0 Å². The minimum atomic E-state index is 0. The lowest BCUT2D eigenvalue weighted by Crippen LogP contribution is -2.38. The van der Waals surface area contributed by atoms with Crippen molar-refractivity contribution in [3.63, 3.8) is 0 Å². The number of halogens is 1. The van der Waals surface area contributed by atoms with Crippen LogP contribution in [0.25, 0.3) is 0 Å². The number of unbranched alkanes of at least 4 members (excludes halogenated alkanes) is 3. The van der Waals surface area contributed by atoms with E-state index in [4.69, 9.17) is 0 Å². The molecule has 1 heterocycles. The number of nitrogens with one attached hydrogen (secondary N) is 2. The maximum absolute atomic E-state index is 11.5. The highest BCUT2D eigenvalue weighted by atomic mass is 127. The Hall–Kier alpha value is -0.530. The van der Waals surface area contributed by atoms with Crippen LogP contribution in [0.5, 0.6) is 0 Å². The van der Waals surface area contributed by atoms with Gasteiger partial charge in [0, 0.05) is 39.1 Å². The van der Waals surface area contributed by atoms with E-state index >= 15 is 0 Å². The Kier molecular flexibility index (Phi) is 13.7. The Labute approximate surface area is 152 Å². The van der Waals surface area contributed by atoms with Crippen LogP contribution < -0.4 is 10.6 Å². The van der Waals surface area contributed by atoms with E-state index in [9.17, 15) is 4.79 Å². The van der Waals surface area contributed by atoms with Crippen molar-refractivity contribution in [2.45, 2.75) is 58.8 Å². The van der Waals surface area contributed by atoms with Gasteiger partial charge in [0.25, 0.3) is 0 Å². The average Bonchev–Trinajstić information content (AvgIpc) is 2.88. The molecular formula is C16H33IN4O. The third-order valence-corrected chi connectivity index (χ3v) is 3.69. The Bertz CT molecular complexity index is 323. The van der Waals surface area contributed by atoms with Crippen LogP contribution in [0.3, 0.4) is 0 Å². The van der Waals surface area contributed by atoms with Crippen LogP contribution in [0.15, 0.2) is 4.99 Å². The number of carbonyl (C=O) groups is 1. The van der Waals surface area contributed by atoms with Crippen LogP contribution in [0.2, 0.25) is 0 Å². The predicted molar refractivity (Wildman–Crippen MR) is 104 cm³/mol. The number of likely N-dealkylation sites (tertiary alicyclic amines) is 1. The SMILES string of the molecule is CCCCCCNC(=NCCCN1CCCC1=O)NCC.I. The molecule has 22 heavy (non-hydrogen) atoms. The zero-order chi connectivity index (χ0) is 15.3. The van der Waals surface area contributed by atoms with Gasteiger partial charge >= 0.3 is 0 Å². The molecule has 1 rings (SSSR count). The summed E-state index contributed by atoms with van der Waals surface area (Å²) in [5.41, 5.74) is 0. The highest BCUT2D eigenvalue weighted by Crippen LogP contribution is 2.09. The molecular weight excluding hydrogens is 391 g/mol. The van der Waals surface area contributed by atoms with E-state index in [0.29, 0.717) is 5.91 Å². The van der Waals surface area contributed by atoms with Gasteiger partial charge in [0.05, 0.1) is 0 Å². The maximum Gasteiger partial charge on any atom is 0.222 e.